The molecule has 0 aliphatic carbocycles. The average Bonchev–Trinajstić information content (AvgIpc) is 3.03. The lowest BCUT2D eigenvalue weighted by Crippen LogP contribution is -2.42. The molecule has 1 atom stereocenters. The van der Waals surface area contributed by atoms with E-state index in [1.807, 2.05) is 23.9 Å². The number of rotatable bonds is 9. The highest BCUT2D eigenvalue weighted by atomic mass is 16.5. The van der Waals surface area contributed by atoms with Crippen LogP contribution in [0, 0.1) is 13.8 Å². The van der Waals surface area contributed by atoms with E-state index in [0.29, 0.717) is 13.2 Å². The SMILES string of the molecule is CN=C(NCc1cccc(OCCN2CCOCC2)c1)NC(C)Cc1c(C)nn(C)c1C. The first-order valence-electron chi connectivity index (χ1n) is 11.4. The van der Waals surface area contributed by atoms with Gasteiger partial charge in [0.05, 0.1) is 18.9 Å². The summed E-state index contributed by atoms with van der Waals surface area (Å²) >= 11 is 0. The fourth-order valence-corrected chi connectivity index (χ4v) is 3.95. The molecular weight excluding hydrogens is 404 g/mol. The summed E-state index contributed by atoms with van der Waals surface area (Å²) in [7, 11) is 3.79. The Hall–Kier alpha value is -2.58. The first-order valence-corrected chi connectivity index (χ1v) is 11.4. The standard InChI is InChI=1S/C24H38N6O2/c1-18(15-23-19(2)28-29(5)20(23)3)27-24(25-4)26-17-21-7-6-8-22(16-21)32-14-11-30-9-12-31-13-10-30/h6-8,16,18H,9-15,17H2,1-5H3,(H2,25,26,27). The molecule has 0 amide bonds. The Morgan fingerprint density at radius 3 is 2.75 bits per heavy atom. The van der Waals surface area contributed by atoms with Gasteiger partial charge in [-0.2, -0.15) is 5.10 Å². The first-order chi connectivity index (χ1) is 15.5. The van der Waals surface area contributed by atoms with Crippen molar-refractivity contribution in [2.75, 3.05) is 46.5 Å². The van der Waals surface area contributed by atoms with Crippen molar-refractivity contribution in [3.05, 3.63) is 46.8 Å². The Morgan fingerprint density at radius 1 is 1.28 bits per heavy atom. The molecule has 1 aliphatic heterocycles. The number of hydrogen-bond acceptors (Lipinski definition) is 5. The number of benzene rings is 1. The van der Waals surface area contributed by atoms with Gasteiger partial charge in [0.1, 0.15) is 12.4 Å². The smallest absolute Gasteiger partial charge is 0.191 e. The molecule has 0 bridgehead atoms. The van der Waals surface area contributed by atoms with Gasteiger partial charge in [-0.3, -0.25) is 14.6 Å². The molecule has 1 aromatic carbocycles. The molecule has 2 N–H and O–H groups in total. The topological polar surface area (TPSA) is 75.9 Å². The molecule has 2 heterocycles. The number of morpholine rings is 1. The fourth-order valence-electron chi connectivity index (χ4n) is 3.95. The predicted molar refractivity (Wildman–Crippen MR) is 128 cm³/mol. The summed E-state index contributed by atoms with van der Waals surface area (Å²) < 4.78 is 13.3. The molecule has 1 unspecified atom stereocenters. The minimum absolute atomic E-state index is 0.234. The summed E-state index contributed by atoms with van der Waals surface area (Å²) in [5.41, 5.74) is 4.75. The maximum atomic E-state index is 5.97. The van der Waals surface area contributed by atoms with Crippen LogP contribution in [0.25, 0.3) is 0 Å². The predicted octanol–water partition coefficient (Wildman–Crippen LogP) is 2.04. The van der Waals surface area contributed by atoms with E-state index in [-0.39, 0.29) is 6.04 Å². The molecular formula is C24H38N6O2. The number of aliphatic imine (C=N–C) groups is 1. The Labute approximate surface area is 192 Å². The zero-order valence-corrected chi connectivity index (χ0v) is 20.1. The summed E-state index contributed by atoms with van der Waals surface area (Å²) in [6, 6.07) is 8.47. The van der Waals surface area contributed by atoms with Crippen molar-refractivity contribution in [1.82, 2.24) is 25.3 Å². The van der Waals surface area contributed by atoms with Gasteiger partial charge in [0, 0.05) is 52.0 Å². The second kappa shape index (κ2) is 11.9. The number of hydrogen-bond donors (Lipinski definition) is 2. The van der Waals surface area contributed by atoms with Crippen LogP contribution in [-0.4, -0.2) is 73.2 Å². The van der Waals surface area contributed by atoms with Gasteiger partial charge in [0.25, 0.3) is 0 Å². The molecule has 8 nitrogen and oxygen atoms in total. The molecule has 3 rings (SSSR count). The Balaban J connectivity index is 1.45. The van der Waals surface area contributed by atoms with Crippen molar-refractivity contribution < 1.29 is 9.47 Å². The number of aryl methyl sites for hydroxylation is 2. The van der Waals surface area contributed by atoms with Gasteiger partial charge in [-0.1, -0.05) is 12.1 Å². The second-order valence-electron chi connectivity index (χ2n) is 8.40. The van der Waals surface area contributed by atoms with Gasteiger partial charge in [0.2, 0.25) is 0 Å². The van der Waals surface area contributed by atoms with E-state index in [2.05, 4.69) is 58.5 Å². The van der Waals surface area contributed by atoms with Crippen LogP contribution in [0.4, 0.5) is 0 Å². The van der Waals surface area contributed by atoms with Crippen LogP contribution in [0.3, 0.4) is 0 Å². The third kappa shape index (κ3) is 6.97. The van der Waals surface area contributed by atoms with Crippen molar-refractivity contribution in [2.45, 2.75) is 39.8 Å². The molecule has 2 aromatic rings. The van der Waals surface area contributed by atoms with E-state index in [0.717, 1.165) is 62.2 Å². The number of nitrogens with zero attached hydrogens (tertiary/aromatic N) is 4. The molecule has 32 heavy (non-hydrogen) atoms. The van der Waals surface area contributed by atoms with E-state index < -0.39 is 0 Å². The van der Waals surface area contributed by atoms with Gasteiger partial charge in [-0.15, -0.1) is 0 Å². The van der Waals surface area contributed by atoms with Crippen molar-refractivity contribution in [3.63, 3.8) is 0 Å². The van der Waals surface area contributed by atoms with Crippen LogP contribution in [0.5, 0.6) is 5.75 Å². The maximum absolute atomic E-state index is 5.97. The lowest BCUT2D eigenvalue weighted by molar-refractivity contribution is 0.0322. The van der Waals surface area contributed by atoms with Crippen LogP contribution < -0.4 is 15.4 Å². The molecule has 0 radical (unpaired) electrons. The van der Waals surface area contributed by atoms with Gasteiger partial charge in [-0.25, -0.2) is 0 Å². The summed E-state index contributed by atoms with van der Waals surface area (Å²) in [4.78, 5) is 6.76. The zero-order chi connectivity index (χ0) is 22.9. The van der Waals surface area contributed by atoms with Crippen LogP contribution in [0.2, 0.25) is 0 Å². The third-order valence-corrected chi connectivity index (χ3v) is 5.91. The van der Waals surface area contributed by atoms with Crippen LogP contribution in [-0.2, 0) is 24.8 Å². The zero-order valence-electron chi connectivity index (χ0n) is 20.1. The molecule has 1 saturated heterocycles. The van der Waals surface area contributed by atoms with E-state index in [4.69, 9.17) is 9.47 Å². The highest BCUT2D eigenvalue weighted by Gasteiger charge is 2.14. The van der Waals surface area contributed by atoms with E-state index in [1.54, 1.807) is 7.05 Å². The molecule has 0 saturated carbocycles. The van der Waals surface area contributed by atoms with Crippen molar-refractivity contribution in [3.8, 4) is 5.75 Å². The normalized spacial score (nSPS) is 16.1. The Kier molecular flexibility index (Phi) is 8.93. The molecule has 8 heteroatoms. The summed E-state index contributed by atoms with van der Waals surface area (Å²) in [5, 5.41) is 11.4. The lowest BCUT2D eigenvalue weighted by atomic mass is 10.1. The first kappa shape index (κ1) is 24.1. The van der Waals surface area contributed by atoms with Gasteiger partial charge in [0.15, 0.2) is 5.96 Å². The Morgan fingerprint density at radius 2 is 2.06 bits per heavy atom. The van der Waals surface area contributed by atoms with E-state index >= 15 is 0 Å². The summed E-state index contributed by atoms with van der Waals surface area (Å²) in [5.74, 6) is 1.69. The molecule has 1 aromatic heterocycles. The van der Waals surface area contributed by atoms with Crippen molar-refractivity contribution >= 4 is 5.96 Å². The summed E-state index contributed by atoms with van der Waals surface area (Å²) in [6.07, 6.45) is 0.901. The van der Waals surface area contributed by atoms with Crippen molar-refractivity contribution in [2.24, 2.45) is 12.0 Å². The Bertz CT molecular complexity index is 889. The van der Waals surface area contributed by atoms with Gasteiger partial charge < -0.3 is 20.1 Å². The highest BCUT2D eigenvalue weighted by Crippen LogP contribution is 2.15. The maximum Gasteiger partial charge on any atom is 0.191 e. The third-order valence-electron chi connectivity index (χ3n) is 5.91. The lowest BCUT2D eigenvalue weighted by Gasteiger charge is -2.26. The fraction of sp³-hybridized carbons (Fsp3) is 0.583. The van der Waals surface area contributed by atoms with Crippen LogP contribution >= 0.6 is 0 Å². The highest BCUT2D eigenvalue weighted by molar-refractivity contribution is 5.79. The van der Waals surface area contributed by atoms with Crippen molar-refractivity contribution in [1.29, 1.82) is 0 Å². The van der Waals surface area contributed by atoms with E-state index in [1.165, 1.54) is 11.3 Å². The summed E-state index contributed by atoms with van der Waals surface area (Å²) in [6.45, 7) is 12.2. The molecule has 0 spiro atoms. The average molecular weight is 443 g/mol. The van der Waals surface area contributed by atoms with Gasteiger partial charge in [-0.05, 0) is 50.5 Å². The number of ether oxygens (including phenoxy) is 2. The monoisotopic (exact) mass is 442 g/mol. The number of guanidine groups is 1. The molecule has 1 aliphatic rings. The minimum atomic E-state index is 0.234. The number of nitrogens with one attached hydrogen (secondary N) is 2. The van der Waals surface area contributed by atoms with Crippen LogP contribution in [0.1, 0.15) is 29.4 Å². The van der Waals surface area contributed by atoms with E-state index in [9.17, 15) is 0 Å². The van der Waals surface area contributed by atoms with Crippen LogP contribution in [0.15, 0.2) is 29.3 Å². The molecule has 1 fully saturated rings. The quantitative estimate of drug-likeness (QED) is 0.457. The largest absolute Gasteiger partial charge is 0.492 e. The molecule has 176 valence electrons. The minimum Gasteiger partial charge on any atom is -0.492 e. The number of aromatic nitrogens is 2. The second-order valence-corrected chi connectivity index (χ2v) is 8.40. The van der Waals surface area contributed by atoms with Gasteiger partial charge >= 0.3 is 0 Å².